The summed E-state index contributed by atoms with van der Waals surface area (Å²) in [6, 6.07) is 5.02. The Bertz CT molecular complexity index is 645. The molecule has 1 unspecified atom stereocenters. The Morgan fingerprint density at radius 3 is 2.86 bits per heavy atom. The molecular weight excluding hydrogens is 288 g/mol. The highest BCUT2D eigenvalue weighted by molar-refractivity contribution is 7.12. The maximum Gasteiger partial charge on any atom is 0.358 e. The second-order valence-electron chi connectivity index (χ2n) is 5.33. The monoisotopic (exact) mass is 306 g/mol. The minimum absolute atomic E-state index is 0.00680. The fourth-order valence-corrected chi connectivity index (χ4v) is 3.55. The minimum Gasteiger partial charge on any atom is -0.476 e. The lowest BCUT2D eigenvalue weighted by Gasteiger charge is -2.42. The summed E-state index contributed by atoms with van der Waals surface area (Å²) in [4.78, 5) is 16.0. The van der Waals surface area contributed by atoms with Gasteiger partial charge in [-0.2, -0.15) is 0 Å². The van der Waals surface area contributed by atoms with Gasteiger partial charge in [-0.25, -0.2) is 9.48 Å². The molecule has 1 aliphatic rings. The first-order valence-electron chi connectivity index (χ1n) is 7.06. The van der Waals surface area contributed by atoms with Crippen molar-refractivity contribution < 1.29 is 9.90 Å². The highest BCUT2D eigenvalue weighted by atomic mass is 32.1. The molecule has 2 aromatic heterocycles. The van der Waals surface area contributed by atoms with E-state index >= 15 is 0 Å². The van der Waals surface area contributed by atoms with Gasteiger partial charge < -0.3 is 5.11 Å². The zero-order chi connectivity index (χ0) is 15.0. The van der Waals surface area contributed by atoms with Crippen molar-refractivity contribution in [3.63, 3.8) is 0 Å². The normalized spacial score (nSPS) is 17.6. The molecule has 1 aliphatic heterocycles. The Morgan fingerprint density at radius 2 is 2.29 bits per heavy atom. The van der Waals surface area contributed by atoms with Gasteiger partial charge in [0.1, 0.15) is 0 Å². The van der Waals surface area contributed by atoms with E-state index in [0.717, 1.165) is 19.5 Å². The molecule has 0 spiro atoms. The zero-order valence-electron chi connectivity index (χ0n) is 12.1. The highest BCUT2D eigenvalue weighted by Gasteiger charge is 2.33. The van der Waals surface area contributed by atoms with E-state index in [9.17, 15) is 4.79 Å². The van der Waals surface area contributed by atoms with E-state index in [-0.39, 0.29) is 11.7 Å². The number of carboxylic acid groups (broad SMARTS) is 1. The zero-order valence-corrected chi connectivity index (χ0v) is 12.9. The number of hydrogen-bond donors (Lipinski definition) is 1. The molecule has 1 saturated heterocycles. The molecule has 1 N–H and O–H groups in total. The van der Waals surface area contributed by atoms with Crippen molar-refractivity contribution in [3.8, 4) is 0 Å². The number of aromatic carboxylic acids is 1. The lowest BCUT2D eigenvalue weighted by Crippen LogP contribution is -2.48. The topological polar surface area (TPSA) is 71.2 Å². The first-order chi connectivity index (χ1) is 10.1. The number of thiophene rings is 1. The van der Waals surface area contributed by atoms with Crippen molar-refractivity contribution in [3.05, 3.63) is 33.8 Å². The second kappa shape index (κ2) is 5.57. The molecule has 0 amide bonds. The van der Waals surface area contributed by atoms with Crippen LogP contribution in [-0.2, 0) is 6.42 Å². The Kier molecular flexibility index (Phi) is 3.77. The molecule has 0 aliphatic carbocycles. The van der Waals surface area contributed by atoms with Crippen molar-refractivity contribution in [2.75, 3.05) is 13.1 Å². The summed E-state index contributed by atoms with van der Waals surface area (Å²) in [6.07, 6.45) is 2.59. The standard InChI is InChI=1S/C14H18N4O2S/c1-3-11-4-5-13(21-11)9(2)17-6-10(7-17)18-8-12(14(19)20)15-16-18/h4-5,8-10H,3,6-7H2,1-2H3,(H,19,20). The van der Waals surface area contributed by atoms with Crippen molar-refractivity contribution >= 4 is 17.3 Å². The molecule has 1 atom stereocenters. The van der Waals surface area contributed by atoms with E-state index in [1.54, 1.807) is 4.68 Å². The molecule has 1 fully saturated rings. The maximum atomic E-state index is 10.8. The van der Waals surface area contributed by atoms with Crippen LogP contribution in [0.1, 0.15) is 46.2 Å². The number of likely N-dealkylation sites (tertiary alicyclic amines) is 1. The molecular formula is C14H18N4O2S. The quantitative estimate of drug-likeness (QED) is 0.917. The minimum atomic E-state index is -1.03. The molecule has 6 nitrogen and oxygen atoms in total. The molecule has 0 radical (unpaired) electrons. The van der Waals surface area contributed by atoms with Gasteiger partial charge in [-0.15, -0.1) is 16.4 Å². The summed E-state index contributed by atoms with van der Waals surface area (Å²) in [5.74, 6) is -1.03. The Labute approximate surface area is 127 Å². The van der Waals surface area contributed by atoms with Gasteiger partial charge in [-0.05, 0) is 25.5 Å². The molecule has 3 rings (SSSR count). The van der Waals surface area contributed by atoms with E-state index in [2.05, 4.69) is 41.2 Å². The fourth-order valence-electron chi connectivity index (χ4n) is 2.51. The van der Waals surface area contributed by atoms with Crippen LogP contribution in [0.2, 0.25) is 0 Å². The Hall–Kier alpha value is -1.73. The first-order valence-corrected chi connectivity index (χ1v) is 7.88. The van der Waals surface area contributed by atoms with E-state index in [0.29, 0.717) is 6.04 Å². The fraction of sp³-hybridized carbons (Fsp3) is 0.500. The van der Waals surface area contributed by atoms with Gasteiger partial charge >= 0.3 is 5.97 Å². The van der Waals surface area contributed by atoms with Crippen LogP contribution < -0.4 is 0 Å². The van der Waals surface area contributed by atoms with Gasteiger partial charge in [-0.1, -0.05) is 12.1 Å². The van der Waals surface area contributed by atoms with Gasteiger partial charge in [0, 0.05) is 28.9 Å². The third-order valence-electron chi connectivity index (χ3n) is 3.98. The summed E-state index contributed by atoms with van der Waals surface area (Å²) in [5.41, 5.74) is 0.00680. The number of hydrogen-bond acceptors (Lipinski definition) is 5. The average Bonchev–Trinajstić information content (AvgIpc) is 3.05. The van der Waals surface area contributed by atoms with E-state index in [1.807, 2.05) is 11.3 Å². The SMILES string of the molecule is CCc1ccc(C(C)N2CC(n3cc(C(=O)O)nn3)C2)s1. The van der Waals surface area contributed by atoms with Gasteiger partial charge in [0.2, 0.25) is 0 Å². The summed E-state index contributed by atoms with van der Waals surface area (Å²) in [6.45, 7) is 6.14. The second-order valence-corrected chi connectivity index (χ2v) is 6.53. The van der Waals surface area contributed by atoms with Crippen LogP contribution >= 0.6 is 11.3 Å². The van der Waals surface area contributed by atoms with Crippen LogP contribution in [0.25, 0.3) is 0 Å². The van der Waals surface area contributed by atoms with Crippen LogP contribution in [-0.4, -0.2) is 44.1 Å². The Morgan fingerprint density at radius 1 is 1.52 bits per heavy atom. The van der Waals surface area contributed by atoms with Crippen molar-refractivity contribution in [2.24, 2.45) is 0 Å². The number of rotatable bonds is 5. The van der Waals surface area contributed by atoms with Crippen molar-refractivity contribution in [2.45, 2.75) is 32.4 Å². The van der Waals surface area contributed by atoms with Gasteiger partial charge in [0.15, 0.2) is 5.69 Å². The third kappa shape index (κ3) is 2.71. The van der Waals surface area contributed by atoms with Crippen LogP contribution in [0.4, 0.5) is 0 Å². The first kappa shape index (κ1) is 14.2. The van der Waals surface area contributed by atoms with Gasteiger partial charge in [-0.3, -0.25) is 4.90 Å². The molecule has 0 saturated carbocycles. The van der Waals surface area contributed by atoms with Gasteiger partial charge in [0.25, 0.3) is 0 Å². The molecule has 112 valence electrons. The number of carbonyl (C=O) groups is 1. The summed E-state index contributed by atoms with van der Waals surface area (Å²) >= 11 is 1.87. The molecule has 21 heavy (non-hydrogen) atoms. The predicted octanol–water partition coefficient (Wildman–Crippen LogP) is 2.22. The predicted molar refractivity (Wildman–Crippen MR) is 79.7 cm³/mol. The van der Waals surface area contributed by atoms with Crippen LogP contribution in [0.5, 0.6) is 0 Å². The highest BCUT2D eigenvalue weighted by Crippen LogP contribution is 2.34. The van der Waals surface area contributed by atoms with E-state index in [4.69, 9.17) is 5.11 Å². The van der Waals surface area contributed by atoms with Crippen molar-refractivity contribution in [1.82, 2.24) is 19.9 Å². The van der Waals surface area contributed by atoms with Gasteiger partial charge in [0.05, 0.1) is 12.2 Å². The molecule has 2 aromatic rings. The number of aryl methyl sites for hydroxylation is 1. The number of nitrogens with zero attached hydrogens (tertiary/aromatic N) is 4. The third-order valence-corrected chi connectivity index (χ3v) is 5.38. The van der Waals surface area contributed by atoms with Crippen LogP contribution in [0.15, 0.2) is 18.3 Å². The molecule has 7 heteroatoms. The Balaban J connectivity index is 1.60. The molecule has 0 aromatic carbocycles. The summed E-state index contributed by atoms with van der Waals surface area (Å²) < 4.78 is 1.67. The molecule has 3 heterocycles. The van der Waals surface area contributed by atoms with Crippen LogP contribution in [0.3, 0.4) is 0 Å². The smallest absolute Gasteiger partial charge is 0.358 e. The maximum absolute atomic E-state index is 10.8. The number of carboxylic acids is 1. The number of aromatic nitrogens is 3. The average molecular weight is 306 g/mol. The van der Waals surface area contributed by atoms with Crippen molar-refractivity contribution in [1.29, 1.82) is 0 Å². The lowest BCUT2D eigenvalue weighted by molar-refractivity contribution is 0.0599. The largest absolute Gasteiger partial charge is 0.476 e. The summed E-state index contributed by atoms with van der Waals surface area (Å²) in [7, 11) is 0. The molecule has 0 bridgehead atoms. The van der Waals surface area contributed by atoms with E-state index < -0.39 is 5.97 Å². The van der Waals surface area contributed by atoms with Crippen LogP contribution in [0, 0.1) is 0 Å². The summed E-state index contributed by atoms with van der Waals surface area (Å²) in [5, 5.41) is 16.4. The van der Waals surface area contributed by atoms with E-state index in [1.165, 1.54) is 16.0 Å². The lowest BCUT2D eigenvalue weighted by atomic mass is 10.1.